The number of nitrogens with zero attached hydrogens (tertiary/aromatic N) is 2. The second-order valence-electron chi connectivity index (χ2n) is 5.46. The molecule has 2 aromatic carbocycles. The first-order chi connectivity index (χ1) is 13.0. The maximum atomic E-state index is 12.3. The van der Waals surface area contributed by atoms with Crippen LogP contribution in [0.2, 0.25) is 0 Å². The summed E-state index contributed by atoms with van der Waals surface area (Å²) in [5, 5.41) is 10.7. The van der Waals surface area contributed by atoms with E-state index in [1.807, 2.05) is 24.3 Å². The summed E-state index contributed by atoms with van der Waals surface area (Å²) in [4.78, 5) is 2.27. The maximum absolute atomic E-state index is 12.3. The molecular weight excluding hydrogens is 368 g/mol. The number of rotatable bonds is 7. The van der Waals surface area contributed by atoms with Crippen LogP contribution in [0.3, 0.4) is 0 Å². The summed E-state index contributed by atoms with van der Waals surface area (Å²) in [7, 11) is -0.669. The third kappa shape index (κ3) is 4.26. The Morgan fingerprint density at radius 3 is 2.19 bits per heavy atom. The normalized spacial score (nSPS) is 11.5. The zero-order valence-corrected chi connectivity index (χ0v) is 15.5. The van der Waals surface area contributed by atoms with Crippen molar-refractivity contribution >= 4 is 16.2 Å². The van der Waals surface area contributed by atoms with Crippen molar-refractivity contribution < 1.29 is 17.9 Å². The van der Waals surface area contributed by atoms with E-state index in [4.69, 9.17) is 9.47 Å². The second-order valence-corrected chi connectivity index (χ2v) is 7.12. The van der Waals surface area contributed by atoms with Gasteiger partial charge in [-0.05, 0) is 48.5 Å². The first-order valence-electron chi connectivity index (χ1n) is 7.90. The summed E-state index contributed by atoms with van der Waals surface area (Å²) in [5.74, 6) is 1.31. The van der Waals surface area contributed by atoms with Gasteiger partial charge in [-0.2, -0.15) is 18.6 Å². The van der Waals surface area contributed by atoms with Gasteiger partial charge in [-0.25, -0.2) is 4.83 Å². The van der Waals surface area contributed by atoms with Gasteiger partial charge in [0.15, 0.2) is 0 Å². The SMILES string of the molecule is COc1ccc(-c2[nH]ncc2C=NNS(=O)(=O)c2ccc(OC)cc2)cc1. The van der Waals surface area contributed by atoms with Crippen molar-refractivity contribution in [3.05, 3.63) is 60.3 Å². The van der Waals surface area contributed by atoms with E-state index >= 15 is 0 Å². The van der Waals surface area contributed by atoms with Crippen molar-refractivity contribution in [1.29, 1.82) is 0 Å². The number of aromatic amines is 1. The van der Waals surface area contributed by atoms with Crippen LogP contribution in [-0.4, -0.2) is 39.0 Å². The molecule has 140 valence electrons. The van der Waals surface area contributed by atoms with E-state index in [1.54, 1.807) is 25.4 Å². The van der Waals surface area contributed by atoms with Crippen molar-refractivity contribution in [2.24, 2.45) is 5.10 Å². The standard InChI is InChI=1S/C18H18N4O4S/c1-25-15-5-3-13(4-6-15)18-14(11-19-21-18)12-20-22-27(23,24)17-9-7-16(26-2)8-10-17/h3-12,22H,1-2H3,(H,19,21). The highest BCUT2D eigenvalue weighted by molar-refractivity contribution is 7.89. The Morgan fingerprint density at radius 2 is 1.59 bits per heavy atom. The fraction of sp³-hybridized carbons (Fsp3) is 0.111. The molecule has 0 spiro atoms. The van der Waals surface area contributed by atoms with Gasteiger partial charge < -0.3 is 9.47 Å². The smallest absolute Gasteiger partial charge is 0.276 e. The number of hydrazone groups is 1. The summed E-state index contributed by atoms with van der Waals surface area (Å²) in [6, 6.07) is 13.4. The van der Waals surface area contributed by atoms with E-state index in [-0.39, 0.29) is 4.90 Å². The van der Waals surface area contributed by atoms with Gasteiger partial charge in [0, 0.05) is 11.1 Å². The summed E-state index contributed by atoms with van der Waals surface area (Å²) in [6.45, 7) is 0. The van der Waals surface area contributed by atoms with Crippen LogP contribution in [0, 0.1) is 0 Å². The van der Waals surface area contributed by atoms with Gasteiger partial charge in [-0.3, -0.25) is 5.10 Å². The van der Waals surface area contributed by atoms with Crippen LogP contribution in [0.4, 0.5) is 0 Å². The molecule has 8 nitrogen and oxygen atoms in total. The first kappa shape index (κ1) is 18.5. The molecule has 3 aromatic rings. The monoisotopic (exact) mass is 386 g/mol. The number of sulfonamides is 1. The molecule has 0 radical (unpaired) electrons. The highest BCUT2D eigenvalue weighted by Crippen LogP contribution is 2.22. The Bertz CT molecular complexity index is 1030. The lowest BCUT2D eigenvalue weighted by Crippen LogP contribution is -2.18. The number of aromatic nitrogens is 2. The minimum Gasteiger partial charge on any atom is -0.497 e. The topological polar surface area (TPSA) is 106 Å². The van der Waals surface area contributed by atoms with E-state index < -0.39 is 10.0 Å². The lowest BCUT2D eigenvalue weighted by atomic mass is 10.1. The fourth-order valence-corrected chi connectivity index (χ4v) is 3.15. The number of H-pyrrole nitrogens is 1. The van der Waals surface area contributed by atoms with Crippen LogP contribution in [0.1, 0.15) is 5.56 Å². The highest BCUT2D eigenvalue weighted by atomic mass is 32.2. The van der Waals surface area contributed by atoms with Crippen molar-refractivity contribution in [3.63, 3.8) is 0 Å². The van der Waals surface area contributed by atoms with Gasteiger partial charge in [0.2, 0.25) is 0 Å². The molecule has 0 fully saturated rings. The van der Waals surface area contributed by atoms with Gasteiger partial charge in [0.05, 0.1) is 37.2 Å². The molecule has 9 heteroatoms. The van der Waals surface area contributed by atoms with Gasteiger partial charge in [0.1, 0.15) is 11.5 Å². The number of ether oxygens (including phenoxy) is 2. The third-order valence-electron chi connectivity index (χ3n) is 3.79. The second kappa shape index (κ2) is 7.92. The highest BCUT2D eigenvalue weighted by Gasteiger charge is 2.13. The molecule has 1 aromatic heterocycles. The summed E-state index contributed by atoms with van der Waals surface area (Å²) < 4.78 is 34.7. The van der Waals surface area contributed by atoms with Gasteiger partial charge in [-0.1, -0.05) is 0 Å². The van der Waals surface area contributed by atoms with Crippen LogP contribution in [0.15, 0.2) is 64.7 Å². The molecule has 27 heavy (non-hydrogen) atoms. The Kier molecular flexibility index (Phi) is 5.41. The summed E-state index contributed by atoms with van der Waals surface area (Å²) >= 11 is 0. The molecule has 3 rings (SSSR count). The molecule has 0 saturated carbocycles. The van der Waals surface area contributed by atoms with Crippen LogP contribution < -0.4 is 14.3 Å². The molecule has 0 atom stereocenters. The Morgan fingerprint density at radius 1 is 1.00 bits per heavy atom. The number of methoxy groups -OCH3 is 2. The zero-order valence-electron chi connectivity index (χ0n) is 14.7. The number of hydrogen-bond donors (Lipinski definition) is 2. The minimum atomic E-state index is -3.78. The van der Waals surface area contributed by atoms with E-state index in [9.17, 15) is 8.42 Å². The predicted octanol–water partition coefficient (Wildman–Crippen LogP) is 2.41. The minimum absolute atomic E-state index is 0.0861. The van der Waals surface area contributed by atoms with Crippen molar-refractivity contribution in [1.82, 2.24) is 15.0 Å². The largest absolute Gasteiger partial charge is 0.497 e. The average molecular weight is 386 g/mol. The van der Waals surface area contributed by atoms with Gasteiger partial charge in [0.25, 0.3) is 10.0 Å². The van der Waals surface area contributed by atoms with E-state index in [0.717, 1.165) is 11.3 Å². The van der Waals surface area contributed by atoms with Crippen LogP contribution in [-0.2, 0) is 10.0 Å². The van der Waals surface area contributed by atoms with E-state index in [1.165, 1.54) is 25.5 Å². The number of hydrogen-bond acceptors (Lipinski definition) is 6. The van der Waals surface area contributed by atoms with Gasteiger partial charge >= 0.3 is 0 Å². The molecule has 0 unspecified atom stereocenters. The van der Waals surface area contributed by atoms with Crippen LogP contribution in [0.5, 0.6) is 11.5 Å². The Balaban J connectivity index is 1.75. The number of nitrogens with one attached hydrogen (secondary N) is 2. The predicted molar refractivity (Wildman–Crippen MR) is 101 cm³/mol. The van der Waals surface area contributed by atoms with Crippen molar-refractivity contribution in [3.8, 4) is 22.8 Å². The molecule has 0 aliphatic rings. The van der Waals surface area contributed by atoms with Crippen LogP contribution >= 0.6 is 0 Å². The number of benzene rings is 2. The molecule has 0 aliphatic carbocycles. The maximum Gasteiger partial charge on any atom is 0.276 e. The molecule has 1 heterocycles. The summed E-state index contributed by atoms with van der Waals surface area (Å²) in [6.07, 6.45) is 2.95. The molecule has 0 aliphatic heterocycles. The molecule has 0 bridgehead atoms. The molecule has 0 amide bonds. The fourth-order valence-electron chi connectivity index (χ4n) is 2.36. The average Bonchev–Trinajstić information content (AvgIpc) is 3.16. The van der Waals surface area contributed by atoms with Crippen LogP contribution in [0.25, 0.3) is 11.3 Å². The summed E-state index contributed by atoms with van der Waals surface area (Å²) in [5.41, 5.74) is 2.22. The lowest BCUT2D eigenvalue weighted by molar-refractivity contribution is 0.414. The lowest BCUT2D eigenvalue weighted by Gasteiger charge is -2.05. The molecular formula is C18H18N4O4S. The third-order valence-corrected chi connectivity index (χ3v) is 5.03. The first-order valence-corrected chi connectivity index (χ1v) is 9.38. The van der Waals surface area contributed by atoms with E-state index in [0.29, 0.717) is 17.0 Å². The quantitative estimate of drug-likeness (QED) is 0.479. The van der Waals surface area contributed by atoms with Crippen molar-refractivity contribution in [2.45, 2.75) is 4.90 Å². The molecule has 0 saturated heterocycles. The zero-order chi connectivity index (χ0) is 19.3. The van der Waals surface area contributed by atoms with Crippen molar-refractivity contribution in [2.75, 3.05) is 14.2 Å². The van der Waals surface area contributed by atoms with Gasteiger partial charge in [-0.15, -0.1) is 0 Å². The van der Waals surface area contributed by atoms with E-state index in [2.05, 4.69) is 20.1 Å². The Labute approximate surface area is 156 Å². The molecule has 2 N–H and O–H groups in total. The Hall–Kier alpha value is -3.33.